The Balaban J connectivity index is 1.65. The lowest BCUT2D eigenvalue weighted by molar-refractivity contribution is 0.0940. The van der Waals surface area contributed by atoms with Gasteiger partial charge in [-0.1, -0.05) is 18.2 Å². The van der Waals surface area contributed by atoms with E-state index in [4.69, 9.17) is 0 Å². The Bertz CT molecular complexity index is 977. The number of nitrogens with one attached hydrogen (secondary N) is 1. The molecule has 0 spiro atoms. The number of benzene rings is 1. The van der Waals surface area contributed by atoms with Crippen LogP contribution in [0.2, 0.25) is 0 Å². The standard InChI is InChI=1S/C23H24FN3O/c1-16-20-7-2-3-8-21(20)27(15-17-9-11-18(24)12-10-17)22(16)23(28)26-14-19-6-4-5-13-25-19/h4-6,9-13H,2-3,7-8,14-15H2,1H3,(H,26,28). The molecular formula is C23H24FN3O. The van der Waals surface area contributed by atoms with Crippen LogP contribution >= 0.6 is 0 Å². The van der Waals surface area contributed by atoms with E-state index in [9.17, 15) is 9.18 Å². The lowest BCUT2D eigenvalue weighted by atomic mass is 9.95. The zero-order chi connectivity index (χ0) is 19.5. The van der Waals surface area contributed by atoms with Gasteiger partial charge in [0.25, 0.3) is 5.91 Å². The molecule has 0 bridgehead atoms. The van der Waals surface area contributed by atoms with Crippen molar-refractivity contribution in [3.05, 3.63) is 88.3 Å². The van der Waals surface area contributed by atoms with Crippen LogP contribution in [-0.2, 0) is 25.9 Å². The zero-order valence-corrected chi connectivity index (χ0v) is 16.0. The van der Waals surface area contributed by atoms with Crippen molar-refractivity contribution in [3.63, 3.8) is 0 Å². The monoisotopic (exact) mass is 377 g/mol. The molecule has 28 heavy (non-hydrogen) atoms. The molecule has 4 nitrogen and oxygen atoms in total. The molecule has 0 atom stereocenters. The molecule has 0 unspecified atom stereocenters. The molecule has 1 aromatic carbocycles. The topological polar surface area (TPSA) is 46.9 Å². The van der Waals surface area contributed by atoms with Crippen molar-refractivity contribution < 1.29 is 9.18 Å². The summed E-state index contributed by atoms with van der Waals surface area (Å²) in [7, 11) is 0. The van der Waals surface area contributed by atoms with Gasteiger partial charge in [-0.05, 0) is 73.6 Å². The van der Waals surface area contributed by atoms with Crippen LogP contribution in [0.5, 0.6) is 0 Å². The highest BCUT2D eigenvalue weighted by molar-refractivity contribution is 5.95. The van der Waals surface area contributed by atoms with Crippen molar-refractivity contribution in [3.8, 4) is 0 Å². The summed E-state index contributed by atoms with van der Waals surface area (Å²) in [6.07, 6.45) is 6.00. The number of carbonyl (C=O) groups is 1. The van der Waals surface area contributed by atoms with Gasteiger partial charge in [-0.15, -0.1) is 0 Å². The second-order valence-electron chi connectivity index (χ2n) is 7.32. The molecule has 0 aliphatic heterocycles. The first-order valence-corrected chi connectivity index (χ1v) is 9.77. The number of hydrogen-bond donors (Lipinski definition) is 1. The Morgan fingerprint density at radius 1 is 1.14 bits per heavy atom. The average Bonchev–Trinajstić information content (AvgIpc) is 3.01. The smallest absolute Gasteiger partial charge is 0.268 e. The van der Waals surface area contributed by atoms with E-state index in [1.54, 1.807) is 18.3 Å². The van der Waals surface area contributed by atoms with E-state index >= 15 is 0 Å². The van der Waals surface area contributed by atoms with Crippen LogP contribution in [0.25, 0.3) is 0 Å². The molecule has 0 radical (unpaired) electrons. The number of amides is 1. The lowest BCUT2D eigenvalue weighted by Crippen LogP contribution is -2.27. The van der Waals surface area contributed by atoms with Gasteiger partial charge >= 0.3 is 0 Å². The van der Waals surface area contributed by atoms with Gasteiger partial charge in [0.05, 0.1) is 12.2 Å². The maximum Gasteiger partial charge on any atom is 0.268 e. The molecule has 144 valence electrons. The van der Waals surface area contributed by atoms with E-state index in [1.807, 2.05) is 25.1 Å². The summed E-state index contributed by atoms with van der Waals surface area (Å²) in [5, 5.41) is 3.02. The van der Waals surface area contributed by atoms with Gasteiger partial charge in [-0.25, -0.2) is 4.39 Å². The first-order chi connectivity index (χ1) is 13.6. The number of rotatable bonds is 5. The third-order valence-electron chi connectivity index (χ3n) is 5.47. The highest BCUT2D eigenvalue weighted by Crippen LogP contribution is 2.30. The van der Waals surface area contributed by atoms with Gasteiger partial charge in [-0.3, -0.25) is 9.78 Å². The van der Waals surface area contributed by atoms with Gasteiger partial charge in [0, 0.05) is 18.4 Å². The third kappa shape index (κ3) is 3.70. The van der Waals surface area contributed by atoms with Crippen LogP contribution in [0.15, 0.2) is 48.7 Å². The molecule has 0 fully saturated rings. The molecule has 5 heteroatoms. The van der Waals surface area contributed by atoms with E-state index in [-0.39, 0.29) is 11.7 Å². The maximum absolute atomic E-state index is 13.3. The average molecular weight is 377 g/mol. The fourth-order valence-electron chi connectivity index (χ4n) is 4.07. The van der Waals surface area contributed by atoms with E-state index in [0.29, 0.717) is 18.8 Å². The molecular weight excluding hydrogens is 353 g/mol. The molecule has 0 saturated heterocycles. The molecule has 1 N–H and O–H groups in total. The van der Waals surface area contributed by atoms with Crippen LogP contribution in [-0.4, -0.2) is 15.5 Å². The normalized spacial score (nSPS) is 13.2. The second-order valence-corrected chi connectivity index (χ2v) is 7.32. The van der Waals surface area contributed by atoms with Crippen molar-refractivity contribution in [2.24, 2.45) is 0 Å². The molecule has 1 amide bonds. The van der Waals surface area contributed by atoms with Gasteiger partial charge in [0.15, 0.2) is 0 Å². The van der Waals surface area contributed by atoms with Crippen LogP contribution in [0.4, 0.5) is 4.39 Å². The summed E-state index contributed by atoms with van der Waals surface area (Å²) in [6, 6.07) is 12.2. The quantitative estimate of drug-likeness (QED) is 0.725. The van der Waals surface area contributed by atoms with Crippen molar-refractivity contribution in [1.29, 1.82) is 0 Å². The van der Waals surface area contributed by atoms with Crippen LogP contribution in [0.3, 0.4) is 0 Å². The van der Waals surface area contributed by atoms with Crippen LogP contribution < -0.4 is 5.32 Å². The van der Waals surface area contributed by atoms with Crippen molar-refractivity contribution in [1.82, 2.24) is 14.9 Å². The Morgan fingerprint density at radius 2 is 1.93 bits per heavy atom. The summed E-state index contributed by atoms with van der Waals surface area (Å²) in [6.45, 7) is 3.01. The Labute approximate surface area is 164 Å². The van der Waals surface area contributed by atoms with Gasteiger partial charge < -0.3 is 9.88 Å². The lowest BCUT2D eigenvalue weighted by Gasteiger charge is -2.17. The largest absolute Gasteiger partial charge is 0.345 e. The summed E-state index contributed by atoms with van der Waals surface area (Å²) in [4.78, 5) is 17.4. The minimum absolute atomic E-state index is 0.0836. The number of halogens is 1. The number of hydrogen-bond acceptors (Lipinski definition) is 2. The molecule has 3 aromatic rings. The van der Waals surface area contributed by atoms with E-state index in [1.165, 1.54) is 23.4 Å². The minimum atomic E-state index is -0.247. The first-order valence-electron chi connectivity index (χ1n) is 9.77. The molecule has 0 saturated carbocycles. The second kappa shape index (κ2) is 7.97. The number of pyridine rings is 1. The summed E-state index contributed by atoms with van der Waals surface area (Å²) in [5.41, 5.74) is 6.15. The van der Waals surface area contributed by atoms with Crippen molar-refractivity contribution >= 4 is 5.91 Å². The van der Waals surface area contributed by atoms with Gasteiger partial charge in [-0.2, -0.15) is 0 Å². The van der Waals surface area contributed by atoms with Gasteiger partial charge in [0.2, 0.25) is 0 Å². The van der Waals surface area contributed by atoms with Crippen molar-refractivity contribution in [2.75, 3.05) is 0 Å². The van der Waals surface area contributed by atoms with E-state index in [0.717, 1.165) is 42.5 Å². The van der Waals surface area contributed by atoms with E-state index in [2.05, 4.69) is 14.9 Å². The molecule has 1 aliphatic rings. The SMILES string of the molecule is Cc1c2c(n(Cc3ccc(F)cc3)c1C(=O)NCc1ccccn1)CCCC2. The van der Waals surface area contributed by atoms with Crippen LogP contribution in [0.1, 0.15) is 51.4 Å². The number of nitrogens with zero attached hydrogens (tertiary/aromatic N) is 2. The highest BCUT2D eigenvalue weighted by atomic mass is 19.1. The first kappa shape index (κ1) is 18.4. The fraction of sp³-hybridized carbons (Fsp3) is 0.304. The fourth-order valence-corrected chi connectivity index (χ4v) is 4.07. The number of aromatic nitrogens is 2. The predicted molar refractivity (Wildman–Crippen MR) is 107 cm³/mol. The maximum atomic E-state index is 13.3. The Kier molecular flexibility index (Phi) is 5.24. The number of fused-ring (bicyclic) bond motifs is 1. The Hall–Kier alpha value is -2.95. The summed E-state index contributed by atoms with van der Waals surface area (Å²) in [5.74, 6) is -0.331. The molecule has 2 aromatic heterocycles. The summed E-state index contributed by atoms with van der Waals surface area (Å²) < 4.78 is 15.4. The number of carbonyl (C=O) groups excluding carboxylic acids is 1. The predicted octanol–water partition coefficient (Wildman–Crippen LogP) is 4.19. The molecule has 4 rings (SSSR count). The van der Waals surface area contributed by atoms with E-state index < -0.39 is 0 Å². The summed E-state index contributed by atoms with van der Waals surface area (Å²) >= 11 is 0. The highest BCUT2D eigenvalue weighted by Gasteiger charge is 2.26. The van der Waals surface area contributed by atoms with Crippen molar-refractivity contribution in [2.45, 2.75) is 45.7 Å². The third-order valence-corrected chi connectivity index (χ3v) is 5.47. The Morgan fingerprint density at radius 3 is 2.68 bits per heavy atom. The zero-order valence-electron chi connectivity index (χ0n) is 16.0. The minimum Gasteiger partial charge on any atom is -0.345 e. The molecule has 1 aliphatic carbocycles. The van der Waals surface area contributed by atoms with Gasteiger partial charge in [0.1, 0.15) is 11.5 Å². The van der Waals surface area contributed by atoms with Crippen LogP contribution in [0, 0.1) is 12.7 Å². The molecule has 2 heterocycles.